The molecule has 1 aromatic heterocycles. The van der Waals surface area contributed by atoms with Gasteiger partial charge in [0, 0.05) is 80.3 Å². The molecule has 4 heterocycles. The maximum Gasteiger partial charge on any atom is 0.251 e. The molecular formula is C30H35FN6O2S. The standard InChI is InChI=1S/C30H35FN6O2S/c1-39-23-7-10-36(11-8-23)18-22-17-20(3-5-25(22)37-12-14-40-15-13-37)26-28(31)35-29(32)27(34-26)21-2-4-24-19(16-21)6-9-33-30(24)38/h2-5,16-17,23H,6-15,18H2,1H3,(H2,32,35)(H,33,38). The van der Waals surface area contributed by atoms with Crippen molar-refractivity contribution in [1.29, 1.82) is 0 Å². The number of thioether (sulfide) groups is 1. The molecule has 2 saturated heterocycles. The van der Waals surface area contributed by atoms with Gasteiger partial charge < -0.3 is 20.7 Å². The van der Waals surface area contributed by atoms with E-state index in [1.807, 2.05) is 23.9 Å². The van der Waals surface area contributed by atoms with E-state index in [1.165, 1.54) is 11.3 Å². The third-order valence-electron chi connectivity index (χ3n) is 8.15. The predicted octanol–water partition coefficient (Wildman–Crippen LogP) is 3.98. The average Bonchev–Trinajstić information content (AvgIpc) is 2.98. The molecule has 3 aliphatic heterocycles. The summed E-state index contributed by atoms with van der Waals surface area (Å²) in [5, 5.41) is 2.86. The molecule has 210 valence electrons. The van der Waals surface area contributed by atoms with Crippen LogP contribution in [0.1, 0.15) is 34.3 Å². The van der Waals surface area contributed by atoms with Crippen molar-refractivity contribution < 1.29 is 13.9 Å². The number of hydrogen-bond donors (Lipinski definition) is 2. The monoisotopic (exact) mass is 562 g/mol. The topological polar surface area (TPSA) is 96.6 Å². The van der Waals surface area contributed by atoms with Gasteiger partial charge in [-0.15, -0.1) is 0 Å². The number of nitrogens with zero attached hydrogens (tertiary/aromatic N) is 4. The van der Waals surface area contributed by atoms with Crippen molar-refractivity contribution in [3.8, 4) is 22.5 Å². The molecule has 1 amide bonds. The van der Waals surface area contributed by atoms with Crippen LogP contribution in [0.25, 0.3) is 22.5 Å². The molecule has 3 aromatic rings. The lowest BCUT2D eigenvalue weighted by Crippen LogP contribution is -2.37. The number of aromatic nitrogens is 2. The highest BCUT2D eigenvalue weighted by Gasteiger charge is 2.24. The first-order valence-corrected chi connectivity index (χ1v) is 15.1. The van der Waals surface area contributed by atoms with Crippen molar-refractivity contribution >= 4 is 29.2 Å². The lowest BCUT2D eigenvalue weighted by molar-refractivity contribution is 0.0389. The quantitative estimate of drug-likeness (QED) is 0.466. The van der Waals surface area contributed by atoms with Crippen molar-refractivity contribution in [2.45, 2.75) is 31.9 Å². The van der Waals surface area contributed by atoms with Crippen LogP contribution in [-0.2, 0) is 17.7 Å². The number of halogens is 1. The van der Waals surface area contributed by atoms with Gasteiger partial charge in [0.25, 0.3) is 5.91 Å². The van der Waals surface area contributed by atoms with Crippen LogP contribution in [0.5, 0.6) is 0 Å². The fraction of sp³-hybridized carbons (Fsp3) is 0.433. The van der Waals surface area contributed by atoms with E-state index < -0.39 is 5.95 Å². The van der Waals surface area contributed by atoms with Gasteiger partial charge in [0.15, 0.2) is 5.82 Å². The third-order valence-corrected chi connectivity index (χ3v) is 9.09. The molecular weight excluding hydrogens is 527 g/mol. The Morgan fingerprint density at radius 3 is 2.58 bits per heavy atom. The first-order chi connectivity index (χ1) is 19.5. The molecule has 0 aliphatic carbocycles. The summed E-state index contributed by atoms with van der Waals surface area (Å²) in [7, 11) is 1.79. The van der Waals surface area contributed by atoms with Crippen LogP contribution >= 0.6 is 11.8 Å². The average molecular weight is 563 g/mol. The van der Waals surface area contributed by atoms with Gasteiger partial charge in [-0.1, -0.05) is 12.1 Å². The lowest BCUT2D eigenvalue weighted by atomic mass is 9.96. The molecule has 10 heteroatoms. The summed E-state index contributed by atoms with van der Waals surface area (Å²) in [6.45, 7) is 5.30. The Kier molecular flexibility index (Phi) is 7.91. The second-order valence-corrected chi connectivity index (χ2v) is 11.9. The summed E-state index contributed by atoms with van der Waals surface area (Å²) >= 11 is 1.98. The Bertz CT molecular complexity index is 1410. The third kappa shape index (κ3) is 5.53. The molecule has 8 nitrogen and oxygen atoms in total. The Balaban J connectivity index is 1.36. The zero-order valence-electron chi connectivity index (χ0n) is 22.8. The van der Waals surface area contributed by atoms with E-state index in [2.05, 4.69) is 32.2 Å². The van der Waals surface area contributed by atoms with Gasteiger partial charge in [0.05, 0.1) is 6.10 Å². The van der Waals surface area contributed by atoms with E-state index in [4.69, 9.17) is 15.5 Å². The van der Waals surface area contributed by atoms with Gasteiger partial charge in [0.1, 0.15) is 11.4 Å². The second-order valence-electron chi connectivity index (χ2n) is 10.6. The number of fused-ring (bicyclic) bond motifs is 1. The van der Waals surface area contributed by atoms with E-state index in [0.717, 1.165) is 74.6 Å². The molecule has 0 atom stereocenters. The Labute approximate surface area is 238 Å². The van der Waals surface area contributed by atoms with Crippen molar-refractivity contribution in [2.75, 3.05) is 62.0 Å². The van der Waals surface area contributed by atoms with Crippen LogP contribution in [0, 0.1) is 5.95 Å². The fourth-order valence-electron chi connectivity index (χ4n) is 5.91. The molecule has 0 bridgehead atoms. The number of hydrogen-bond acceptors (Lipinski definition) is 8. The Hall–Kier alpha value is -3.21. The number of carbonyl (C=O) groups is 1. The molecule has 0 spiro atoms. The van der Waals surface area contributed by atoms with Crippen LogP contribution in [0.2, 0.25) is 0 Å². The van der Waals surface area contributed by atoms with Gasteiger partial charge in [-0.25, -0.2) is 4.98 Å². The number of anilines is 2. The minimum atomic E-state index is -0.687. The fourth-order valence-corrected chi connectivity index (χ4v) is 6.82. The van der Waals surface area contributed by atoms with Crippen molar-refractivity contribution in [3.63, 3.8) is 0 Å². The summed E-state index contributed by atoms with van der Waals surface area (Å²) < 4.78 is 20.9. The van der Waals surface area contributed by atoms with E-state index in [-0.39, 0.29) is 17.4 Å². The maximum absolute atomic E-state index is 15.3. The molecule has 3 aliphatic rings. The normalized spacial score (nSPS) is 18.4. The number of carbonyl (C=O) groups excluding carboxylic acids is 1. The molecule has 40 heavy (non-hydrogen) atoms. The van der Waals surface area contributed by atoms with Gasteiger partial charge in [0.2, 0.25) is 5.95 Å². The summed E-state index contributed by atoms with van der Waals surface area (Å²) in [5.41, 5.74) is 12.1. The number of ether oxygens (including phenoxy) is 1. The molecule has 3 N–H and O–H groups in total. The maximum atomic E-state index is 15.3. The highest BCUT2D eigenvalue weighted by molar-refractivity contribution is 7.99. The smallest absolute Gasteiger partial charge is 0.251 e. The number of nitrogen functional groups attached to an aromatic ring is 1. The SMILES string of the molecule is COC1CCN(Cc2cc(-c3nc(-c4ccc5c(c4)CCNC5=O)c(N)nc3F)ccc2N2CCSCC2)CC1. The number of nitrogens with two attached hydrogens (primary N) is 1. The van der Waals surface area contributed by atoms with E-state index in [0.29, 0.717) is 29.5 Å². The minimum Gasteiger partial charge on any atom is -0.382 e. The van der Waals surface area contributed by atoms with Crippen LogP contribution in [-0.4, -0.2) is 78.2 Å². The van der Waals surface area contributed by atoms with Gasteiger partial charge >= 0.3 is 0 Å². The number of piperidine rings is 1. The Morgan fingerprint density at radius 1 is 1.05 bits per heavy atom. The largest absolute Gasteiger partial charge is 0.382 e. The van der Waals surface area contributed by atoms with E-state index >= 15 is 4.39 Å². The zero-order chi connectivity index (χ0) is 27.6. The minimum absolute atomic E-state index is 0.0325. The molecule has 0 radical (unpaired) electrons. The Morgan fingerprint density at radius 2 is 1.80 bits per heavy atom. The van der Waals surface area contributed by atoms with Gasteiger partial charge in [-0.05, 0) is 54.7 Å². The van der Waals surface area contributed by atoms with Crippen molar-refractivity contribution in [1.82, 2.24) is 20.2 Å². The molecule has 6 rings (SSSR count). The highest BCUT2D eigenvalue weighted by atomic mass is 32.2. The molecule has 2 aromatic carbocycles. The van der Waals surface area contributed by atoms with Crippen molar-refractivity contribution in [2.24, 2.45) is 0 Å². The predicted molar refractivity (Wildman–Crippen MR) is 158 cm³/mol. The van der Waals surface area contributed by atoms with Crippen molar-refractivity contribution in [3.05, 3.63) is 59.0 Å². The highest BCUT2D eigenvalue weighted by Crippen LogP contribution is 2.34. The number of methoxy groups -OCH3 is 1. The van der Waals surface area contributed by atoms with Crippen LogP contribution in [0.4, 0.5) is 15.9 Å². The summed E-state index contributed by atoms with van der Waals surface area (Å²) in [6, 6.07) is 11.6. The van der Waals surface area contributed by atoms with E-state index in [1.54, 1.807) is 19.2 Å². The first kappa shape index (κ1) is 27.0. The number of likely N-dealkylation sites (tertiary alicyclic amines) is 1. The van der Waals surface area contributed by atoms with E-state index in [9.17, 15) is 4.79 Å². The van der Waals surface area contributed by atoms with Crippen LogP contribution < -0.4 is 16.0 Å². The molecule has 0 saturated carbocycles. The molecule has 0 unspecified atom stereocenters. The van der Waals surface area contributed by atoms with Crippen LogP contribution in [0.15, 0.2) is 36.4 Å². The summed E-state index contributed by atoms with van der Waals surface area (Å²) in [6.07, 6.45) is 3.06. The van der Waals surface area contributed by atoms with Crippen LogP contribution in [0.3, 0.4) is 0 Å². The number of amides is 1. The first-order valence-electron chi connectivity index (χ1n) is 14.0. The van der Waals surface area contributed by atoms with Gasteiger partial charge in [-0.3, -0.25) is 9.69 Å². The zero-order valence-corrected chi connectivity index (χ0v) is 23.6. The summed E-state index contributed by atoms with van der Waals surface area (Å²) in [5.74, 6) is 1.46. The number of nitrogens with one attached hydrogen (secondary N) is 1. The van der Waals surface area contributed by atoms with Gasteiger partial charge in [-0.2, -0.15) is 21.1 Å². The number of rotatable bonds is 6. The number of benzene rings is 2. The molecule has 2 fully saturated rings. The lowest BCUT2D eigenvalue weighted by Gasteiger charge is -2.34. The summed E-state index contributed by atoms with van der Waals surface area (Å²) in [4.78, 5) is 25.9. The second kappa shape index (κ2) is 11.7.